The number of carbonyl (C=O) groups excluding carboxylic acids is 1. The van der Waals surface area contributed by atoms with Crippen molar-refractivity contribution in [2.24, 2.45) is 0 Å². The number of carboxylic acids is 2. The summed E-state index contributed by atoms with van der Waals surface area (Å²) in [4.78, 5) is 36.0. The average Bonchev–Trinajstić information content (AvgIpc) is 2.83. The van der Waals surface area contributed by atoms with Crippen LogP contribution in [0.3, 0.4) is 0 Å². The Morgan fingerprint density at radius 1 is 1.32 bits per heavy atom. The van der Waals surface area contributed by atoms with Gasteiger partial charge in [0.2, 0.25) is 0 Å². The zero-order valence-corrected chi connectivity index (χ0v) is 14.8. The third-order valence-electron chi connectivity index (χ3n) is 3.47. The molecule has 0 unspecified atom stereocenters. The van der Waals surface area contributed by atoms with E-state index in [9.17, 15) is 19.5 Å². The van der Waals surface area contributed by atoms with Crippen LogP contribution in [-0.4, -0.2) is 50.4 Å². The molecule has 2 rings (SSSR count). The van der Waals surface area contributed by atoms with Crippen LogP contribution in [0.25, 0.3) is 6.08 Å². The SMILES string of the molecule is COc1ccc(/C=C2/SC(=S)N([C@H](CCC(=O)O)C(=O)O)C2=O)cc1. The molecule has 25 heavy (non-hydrogen) atoms. The molecule has 0 aliphatic carbocycles. The predicted molar refractivity (Wildman–Crippen MR) is 96.3 cm³/mol. The third kappa shape index (κ3) is 4.58. The number of ether oxygens (including phenoxy) is 1. The van der Waals surface area contributed by atoms with Gasteiger partial charge in [-0.1, -0.05) is 36.1 Å². The van der Waals surface area contributed by atoms with Crippen LogP contribution in [0.4, 0.5) is 0 Å². The lowest BCUT2D eigenvalue weighted by molar-refractivity contribution is -0.146. The maximum absolute atomic E-state index is 12.5. The van der Waals surface area contributed by atoms with E-state index in [1.54, 1.807) is 37.5 Å². The van der Waals surface area contributed by atoms with Crippen LogP contribution in [0.15, 0.2) is 29.2 Å². The first-order valence-electron chi connectivity index (χ1n) is 7.19. The van der Waals surface area contributed by atoms with Gasteiger partial charge in [0, 0.05) is 6.42 Å². The van der Waals surface area contributed by atoms with E-state index in [1.165, 1.54) is 0 Å². The summed E-state index contributed by atoms with van der Waals surface area (Å²) in [6, 6.07) is 5.68. The van der Waals surface area contributed by atoms with Crippen molar-refractivity contribution in [1.29, 1.82) is 0 Å². The molecular weight excluding hydrogens is 366 g/mol. The minimum atomic E-state index is -1.30. The molecule has 1 saturated heterocycles. The fourth-order valence-electron chi connectivity index (χ4n) is 2.22. The molecule has 132 valence electrons. The molecule has 0 spiro atoms. The van der Waals surface area contributed by atoms with E-state index in [0.717, 1.165) is 22.2 Å². The molecule has 7 nitrogen and oxygen atoms in total. The van der Waals surface area contributed by atoms with Gasteiger partial charge < -0.3 is 14.9 Å². The highest BCUT2D eigenvalue weighted by atomic mass is 32.2. The minimum absolute atomic E-state index is 0.0996. The largest absolute Gasteiger partial charge is 0.497 e. The van der Waals surface area contributed by atoms with E-state index in [0.29, 0.717) is 5.75 Å². The minimum Gasteiger partial charge on any atom is -0.497 e. The van der Waals surface area contributed by atoms with Crippen molar-refractivity contribution in [3.63, 3.8) is 0 Å². The molecule has 1 aliphatic rings. The number of thioether (sulfide) groups is 1. The molecule has 1 amide bonds. The molecular formula is C16H15NO6S2. The lowest BCUT2D eigenvalue weighted by Gasteiger charge is -2.22. The van der Waals surface area contributed by atoms with Gasteiger partial charge in [-0.05, 0) is 30.2 Å². The zero-order chi connectivity index (χ0) is 18.6. The van der Waals surface area contributed by atoms with E-state index in [1.807, 2.05) is 0 Å². The Bertz CT molecular complexity index is 743. The summed E-state index contributed by atoms with van der Waals surface area (Å²) in [5, 5.41) is 18.1. The van der Waals surface area contributed by atoms with Gasteiger partial charge in [-0.2, -0.15) is 0 Å². The molecule has 0 bridgehead atoms. The van der Waals surface area contributed by atoms with Crippen LogP contribution in [0.5, 0.6) is 5.75 Å². The normalized spacial score (nSPS) is 17.0. The second-order valence-electron chi connectivity index (χ2n) is 5.11. The molecule has 1 atom stereocenters. The standard InChI is InChI=1S/C16H15NO6S2/c1-23-10-4-2-9(3-5-10)8-12-14(20)17(16(24)25-12)11(15(21)22)6-7-13(18)19/h2-5,8,11H,6-7H2,1H3,(H,18,19)(H,21,22)/b12-8+/t11-/m1/s1. The molecule has 0 aromatic heterocycles. The molecule has 2 N–H and O–H groups in total. The van der Waals surface area contributed by atoms with Crippen molar-refractivity contribution >= 4 is 52.2 Å². The van der Waals surface area contributed by atoms with Crippen molar-refractivity contribution in [2.45, 2.75) is 18.9 Å². The number of nitrogens with zero attached hydrogens (tertiary/aromatic N) is 1. The maximum Gasteiger partial charge on any atom is 0.326 e. The number of hydrogen-bond donors (Lipinski definition) is 2. The molecule has 1 aromatic rings. The maximum atomic E-state index is 12.5. The monoisotopic (exact) mass is 381 g/mol. The topological polar surface area (TPSA) is 104 Å². The highest BCUT2D eigenvalue weighted by molar-refractivity contribution is 8.26. The van der Waals surface area contributed by atoms with Gasteiger partial charge in [0.25, 0.3) is 5.91 Å². The van der Waals surface area contributed by atoms with E-state index in [4.69, 9.17) is 22.1 Å². The molecule has 0 radical (unpaired) electrons. The van der Waals surface area contributed by atoms with Crippen molar-refractivity contribution in [1.82, 2.24) is 4.90 Å². The first kappa shape index (κ1) is 18.9. The number of hydrogen-bond acceptors (Lipinski definition) is 6. The molecule has 1 fully saturated rings. The number of amides is 1. The summed E-state index contributed by atoms with van der Waals surface area (Å²) in [5.41, 5.74) is 0.735. The van der Waals surface area contributed by atoms with Crippen molar-refractivity contribution in [3.05, 3.63) is 34.7 Å². The van der Waals surface area contributed by atoms with Crippen molar-refractivity contribution in [3.8, 4) is 5.75 Å². The lowest BCUT2D eigenvalue weighted by atomic mass is 10.1. The first-order valence-corrected chi connectivity index (χ1v) is 8.41. The smallest absolute Gasteiger partial charge is 0.326 e. The lowest BCUT2D eigenvalue weighted by Crippen LogP contribution is -2.44. The van der Waals surface area contributed by atoms with Gasteiger partial charge in [-0.3, -0.25) is 14.5 Å². The molecule has 1 aliphatic heterocycles. The summed E-state index contributed by atoms with van der Waals surface area (Å²) in [6.45, 7) is 0. The van der Waals surface area contributed by atoms with Gasteiger partial charge in [0.05, 0.1) is 12.0 Å². The predicted octanol–water partition coefficient (Wildman–Crippen LogP) is 2.21. The van der Waals surface area contributed by atoms with E-state index >= 15 is 0 Å². The molecule has 0 saturated carbocycles. The van der Waals surface area contributed by atoms with Crippen molar-refractivity contribution < 1.29 is 29.3 Å². The number of benzene rings is 1. The number of carbonyl (C=O) groups is 3. The fourth-order valence-corrected chi connectivity index (χ4v) is 3.58. The van der Waals surface area contributed by atoms with Crippen LogP contribution in [0, 0.1) is 0 Å². The summed E-state index contributed by atoms with van der Waals surface area (Å²) in [5.74, 6) is -2.29. The Labute approximate surface area is 153 Å². The molecule has 1 aromatic carbocycles. The summed E-state index contributed by atoms with van der Waals surface area (Å²) < 4.78 is 5.16. The van der Waals surface area contributed by atoms with Gasteiger partial charge >= 0.3 is 11.9 Å². The summed E-state index contributed by atoms with van der Waals surface area (Å²) in [6.07, 6.45) is 1.02. The van der Waals surface area contributed by atoms with Gasteiger partial charge in [0.1, 0.15) is 16.1 Å². The Balaban J connectivity index is 2.23. The van der Waals surface area contributed by atoms with Crippen LogP contribution in [0.2, 0.25) is 0 Å². The fraction of sp³-hybridized carbons (Fsp3) is 0.250. The Kier molecular flexibility index (Phi) is 6.16. The Hall–Kier alpha value is -2.39. The molecule has 9 heteroatoms. The van der Waals surface area contributed by atoms with E-state index < -0.39 is 23.9 Å². The Morgan fingerprint density at radius 3 is 2.48 bits per heavy atom. The summed E-state index contributed by atoms with van der Waals surface area (Å²) >= 11 is 6.12. The highest BCUT2D eigenvalue weighted by Gasteiger charge is 2.40. The second kappa shape index (κ2) is 8.13. The average molecular weight is 381 g/mol. The van der Waals surface area contributed by atoms with Crippen molar-refractivity contribution in [2.75, 3.05) is 7.11 Å². The van der Waals surface area contributed by atoms with Crippen LogP contribution in [0.1, 0.15) is 18.4 Å². The second-order valence-corrected chi connectivity index (χ2v) is 6.79. The Morgan fingerprint density at radius 2 is 1.96 bits per heavy atom. The number of thiocarbonyl (C=S) groups is 1. The van der Waals surface area contributed by atoms with Crippen LogP contribution < -0.4 is 4.74 Å². The quantitative estimate of drug-likeness (QED) is 0.547. The van der Waals surface area contributed by atoms with Gasteiger partial charge in [-0.15, -0.1) is 0 Å². The van der Waals surface area contributed by atoms with Crippen LogP contribution in [-0.2, 0) is 14.4 Å². The number of methoxy groups -OCH3 is 1. The highest BCUT2D eigenvalue weighted by Crippen LogP contribution is 2.35. The third-order valence-corrected chi connectivity index (χ3v) is 4.80. The van der Waals surface area contributed by atoms with Gasteiger partial charge in [0.15, 0.2) is 0 Å². The first-order chi connectivity index (χ1) is 11.8. The van der Waals surface area contributed by atoms with Gasteiger partial charge in [-0.25, -0.2) is 4.79 Å². The number of aliphatic carboxylic acids is 2. The van der Waals surface area contributed by atoms with Crippen LogP contribution >= 0.6 is 24.0 Å². The van der Waals surface area contributed by atoms with E-state index in [2.05, 4.69) is 0 Å². The number of carboxylic acid groups (broad SMARTS) is 2. The molecule has 1 heterocycles. The zero-order valence-electron chi connectivity index (χ0n) is 13.2. The summed E-state index contributed by atoms with van der Waals surface area (Å²) in [7, 11) is 1.54. The van der Waals surface area contributed by atoms with E-state index in [-0.39, 0.29) is 22.1 Å². The number of rotatable bonds is 7.